The molecule has 3 aliphatic heterocycles. The zero-order chi connectivity index (χ0) is 27.7. The van der Waals surface area contributed by atoms with E-state index in [1.165, 1.54) is 16.1 Å². The summed E-state index contributed by atoms with van der Waals surface area (Å²) < 4.78 is 5.39. The van der Waals surface area contributed by atoms with Crippen LogP contribution in [0.2, 0.25) is 0 Å². The van der Waals surface area contributed by atoms with Gasteiger partial charge in [0.05, 0.1) is 47.1 Å². The number of aromatic nitrogens is 4. The van der Waals surface area contributed by atoms with Gasteiger partial charge in [0.1, 0.15) is 17.0 Å². The summed E-state index contributed by atoms with van der Waals surface area (Å²) >= 11 is 1.73. The molecule has 8 rings (SSSR count). The molecule has 214 valence electrons. The van der Waals surface area contributed by atoms with E-state index in [0.29, 0.717) is 11.9 Å². The summed E-state index contributed by atoms with van der Waals surface area (Å²) in [5.41, 5.74) is 4.81. The molecule has 6 heterocycles. The van der Waals surface area contributed by atoms with Crippen molar-refractivity contribution in [1.29, 1.82) is 0 Å². The fourth-order valence-electron chi connectivity index (χ4n) is 7.26. The van der Waals surface area contributed by atoms with Gasteiger partial charge in [-0.2, -0.15) is 5.10 Å². The van der Waals surface area contributed by atoms with Gasteiger partial charge in [0.25, 0.3) is 0 Å². The lowest BCUT2D eigenvalue weighted by atomic mass is 9.76. The molecule has 3 saturated heterocycles. The van der Waals surface area contributed by atoms with E-state index in [1.54, 1.807) is 17.7 Å². The number of ether oxygens (including phenoxy) is 1. The van der Waals surface area contributed by atoms with Crippen LogP contribution >= 0.6 is 11.3 Å². The minimum absolute atomic E-state index is 0.0541. The third kappa shape index (κ3) is 4.28. The first-order valence-corrected chi connectivity index (χ1v) is 15.6. The van der Waals surface area contributed by atoms with Gasteiger partial charge in [-0.15, -0.1) is 11.3 Å². The summed E-state index contributed by atoms with van der Waals surface area (Å²) in [6.45, 7) is 5.34. The molecule has 1 aliphatic carbocycles. The molecule has 11 heteroatoms. The van der Waals surface area contributed by atoms with E-state index in [9.17, 15) is 4.79 Å². The molecule has 1 spiro atoms. The molecule has 0 saturated carbocycles. The van der Waals surface area contributed by atoms with Crippen LogP contribution in [0.1, 0.15) is 29.7 Å². The number of amides is 1. The van der Waals surface area contributed by atoms with Crippen LogP contribution in [-0.2, 0) is 22.4 Å². The molecular weight excluding hydrogens is 536 g/mol. The Bertz CT molecular complexity index is 1630. The van der Waals surface area contributed by atoms with E-state index >= 15 is 0 Å². The van der Waals surface area contributed by atoms with E-state index in [4.69, 9.17) is 9.72 Å². The fraction of sp³-hybridized carbons (Fsp3) is 0.533. The summed E-state index contributed by atoms with van der Waals surface area (Å²) in [7, 11) is 4.35. The Balaban J connectivity index is 1.08. The third-order valence-electron chi connectivity index (χ3n) is 9.72. The Morgan fingerprint density at radius 3 is 2.76 bits per heavy atom. The van der Waals surface area contributed by atoms with Crippen LogP contribution in [0.15, 0.2) is 24.7 Å². The van der Waals surface area contributed by atoms with Crippen LogP contribution in [0.25, 0.3) is 21.1 Å². The second-order valence-corrected chi connectivity index (χ2v) is 13.8. The van der Waals surface area contributed by atoms with Gasteiger partial charge in [0.2, 0.25) is 5.91 Å². The molecule has 0 unspecified atom stereocenters. The van der Waals surface area contributed by atoms with E-state index in [-0.39, 0.29) is 11.3 Å². The topological polar surface area (TPSA) is 103 Å². The molecule has 10 nitrogen and oxygen atoms in total. The molecule has 0 radical (unpaired) electrons. The van der Waals surface area contributed by atoms with Gasteiger partial charge in [0, 0.05) is 48.4 Å². The lowest BCUT2D eigenvalue weighted by Gasteiger charge is -2.55. The molecule has 1 amide bonds. The monoisotopic (exact) mass is 572 g/mol. The number of nitrogens with zero attached hydrogens (tertiary/aromatic N) is 6. The second kappa shape index (κ2) is 9.64. The summed E-state index contributed by atoms with van der Waals surface area (Å²) in [4.78, 5) is 31.9. The number of hydrogen-bond donors (Lipinski definition) is 2. The number of thiophene rings is 1. The number of benzene rings is 1. The van der Waals surface area contributed by atoms with Crippen molar-refractivity contribution in [2.45, 2.75) is 38.1 Å². The van der Waals surface area contributed by atoms with Crippen molar-refractivity contribution in [3.05, 3.63) is 35.1 Å². The minimum Gasteiger partial charge on any atom is -0.380 e. The zero-order valence-electron chi connectivity index (χ0n) is 23.7. The number of carbonyl (C=O) groups is 1. The highest BCUT2D eigenvalue weighted by Gasteiger charge is 2.51. The molecule has 41 heavy (non-hydrogen) atoms. The maximum Gasteiger partial charge on any atom is 0.226 e. The largest absolute Gasteiger partial charge is 0.380 e. The molecule has 3 fully saturated rings. The van der Waals surface area contributed by atoms with Gasteiger partial charge in [-0.1, -0.05) is 0 Å². The number of anilines is 3. The first-order valence-electron chi connectivity index (χ1n) is 14.7. The number of rotatable bonds is 5. The summed E-state index contributed by atoms with van der Waals surface area (Å²) in [5.74, 6) is 1.21. The van der Waals surface area contributed by atoms with Gasteiger partial charge in [-0.05, 0) is 63.9 Å². The molecule has 1 atom stereocenters. The molecular formula is C30H36N8O2S. The lowest BCUT2D eigenvalue weighted by Crippen LogP contribution is -2.68. The highest BCUT2D eigenvalue weighted by molar-refractivity contribution is 7.19. The van der Waals surface area contributed by atoms with Gasteiger partial charge in [0.15, 0.2) is 0 Å². The Hall–Kier alpha value is -3.28. The highest BCUT2D eigenvalue weighted by atomic mass is 32.1. The molecule has 1 aromatic carbocycles. The fourth-order valence-corrected chi connectivity index (χ4v) is 8.53. The van der Waals surface area contributed by atoms with Crippen molar-refractivity contribution in [1.82, 2.24) is 30.0 Å². The van der Waals surface area contributed by atoms with Gasteiger partial charge < -0.3 is 24.8 Å². The average Bonchev–Trinajstić information content (AvgIpc) is 3.55. The third-order valence-corrected chi connectivity index (χ3v) is 10.9. The Morgan fingerprint density at radius 2 is 2.00 bits per heavy atom. The van der Waals surface area contributed by atoms with E-state index in [2.05, 4.69) is 56.5 Å². The van der Waals surface area contributed by atoms with Crippen LogP contribution in [0, 0.1) is 11.3 Å². The summed E-state index contributed by atoms with van der Waals surface area (Å²) in [5, 5.41) is 13.4. The lowest BCUT2D eigenvalue weighted by molar-refractivity contribution is -0.197. The van der Waals surface area contributed by atoms with Crippen molar-refractivity contribution in [2.24, 2.45) is 11.3 Å². The van der Waals surface area contributed by atoms with Crippen molar-refractivity contribution >= 4 is 55.6 Å². The van der Waals surface area contributed by atoms with Crippen molar-refractivity contribution in [2.75, 3.05) is 63.7 Å². The Morgan fingerprint density at radius 1 is 1.17 bits per heavy atom. The number of likely N-dealkylation sites (tertiary alicyclic amines) is 1. The summed E-state index contributed by atoms with van der Waals surface area (Å²) in [6, 6.07) is 5.01. The number of aromatic amines is 1. The molecule has 4 aliphatic rings. The SMILES string of the molecule is CN(C)C1CCN(c2cc3[nH]ncc3cc2Nc2ncnc3sc4c(c23)CC[C@H](C(=O)N2CC3(COC3)C2)C4)CC1. The first-order chi connectivity index (χ1) is 20.0. The van der Waals surface area contributed by atoms with Crippen LogP contribution < -0.4 is 10.2 Å². The van der Waals surface area contributed by atoms with E-state index in [0.717, 1.165) is 104 Å². The average molecular weight is 573 g/mol. The number of carbonyl (C=O) groups excluding carboxylic acids is 1. The number of nitrogens with one attached hydrogen (secondary N) is 2. The maximum absolute atomic E-state index is 13.3. The maximum atomic E-state index is 13.3. The molecule has 4 aromatic rings. The first kappa shape index (κ1) is 25.4. The normalized spacial score (nSPS) is 22.3. The Labute approximate surface area is 243 Å². The molecule has 0 bridgehead atoms. The highest BCUT2D eigenvalue weighted by Crippen LogP contribution is 2.44. The quantitative estimate of drug-likeness (QED) is 0.372. The molecule has 3 aromatic heterocycles. The van der Waals surface area contributed by atoms with Crippen molar-refractivity contribution < 1.29 is 9.53 Å². The van der Waals surface area contributed by atoms with Crippen LogP contribution in [0.4, 0.5) is 17.2 Å². The van der Waals surface area contributed by atoms with Crippen molar-refractivity contribution in [3.63, 3.8) is 0 Å². The number of aryl methyl sites for hydroxylation is 1. The predicted octanol–water partition coefficient (Wildman–Crippen LogP) is 3.81. The van der Waals surface area contributed by atoms with Gasteiger partial charge >= 0.3 is 0 Å². The molecule has 2 N–H and O–H groups in total. The Kier molecular flexibility index (Phi) is 5.98. The van der Waals surface area contributed by atoms with Crippen LogP contribution in [0.5, 0.6) is 0 Å². The van der Waals surface area contributed by atoms with Crippen LogP contribution in [0.3, 0.4) is 0 Å². The minimum atomic E-state index is 0.0541. The van der Waals surface area contributed by atoms with Crippen molar-refractivity contribution in [3.8, 4) is 0 Å². The standard InChI is InChI=1S/C30H36N8O2S/c1-36(2)20-5-7-37(8-6-20)24-11-22-19(12-33-35-22)9-23(24)34-27-26-21-4-3-18(10-25(21)41-28(26)32-17-31-27)29(39)38-13-30(14-38)15-40-16-30/h9,11-12,17-18,20H,3-8,10,13-16H2,1-2H3,(H,33,35)(H,31,32,34)/t18-/m0/s1. The van der Waals surface area contributed by atoms with Gasteiger partial charge in [-0.25, -0.2) is 9.97 Å². The number of H-pyrrole nitrogens is 1. The smallest absolute Gasteiger partial charge is 0.226 e. The zero-order valence-corrected chi connectivity index (χ0v) is 24.5. The predicted molar refractivity (Wildman–Crippen MR) is 161 cm³/mol. The summed E-state index contributed by atoms with van der Waals surface area (Å²) in [6.07, 6.45) is 8.35. The number of piperidine rings is 1. The van der Waals surface area contributed by atoms with Crippen LogP contribution in [-0.4, -0.2) is 95.4 Å². The van der Waals surface area contributed by atoms with E-state index in [1.807, 2.05) is 11.1 Å². The number of fused-ring (bicyclic) bond motifs is 4. The van der Waals surface area contributed by atoms with Gasteiger partial charge in [-0.3, -0.25) is 9.89 Å². The number of hydrogen-bond acceptors (Lipinski definition) is 9. The van der Waals surface area contributed by atoms with E-state index < -0.39 is 0 Å². The second-order valence-electron chi connectivity index (χ2n) is 12.7.